The van der Waals surface area contributed by atoms with Crippen LogP contribution in [-0.4, -0.2) is 28.1 Å². The van der Waals surface area contributed by atoms with E-state index in [9.17, 15) is 22.8 Å². The molecule has 2 rings (SSSR count). The molecule has 2 N–H and O–H groups in total. The van der Waals surface area contributed by atoms with Gasteiger partial charge in [0.25, 0.3) is 11.8 Å². The lowest BCUT2D eigenvalue weighted by molar-refractivity contribution is -0.138. The molecule has 0 bridgehead atoms. The molecule has 0 aliphatic rings. The fraction of sp³-hybridized carbons (Fsp3) is 0.235. The first-order chi connectivity index (χ1) is 12.6. The summed E-state index contributed by atoms with van der Waals surface area (Å²) in [7, 11) is 1.23. The third-order valence-corrected chi connectivity index (χ3v) is 3.87. The van der Waals surface area contributed by atoms with E-state index in [4.69, 9.17) is 18.0 Å². The summed E-state index contributed by atoms with van der Waals surface area (Å²) >= 11 is 5.95. The van der Waals surface area contributed by atoms with Crippen LogP contribution in [0.15, 0.2) is 18.2 Å². The van der Waals surface area contributed by atoms with Gasteiger partial charge in [0.15, 0.2) is 0 Å². The number of carbonyl (C=O) groups is 2. The normalized spacial score (nSPS) is 11.0. The number of amides is 2. The quantitative estimate of drug-likeness (QED) is 0.777. The zero-order chi connectivity index (χ0) is 20.4. The van der Waals surface area contributed by atoms with Crippen molar-refractivity contribution in [3.63, 3.8) is 0 Å². The standard InChI is InChI=1S/C17H14ClF3N4O2/c1-4-7-22-15(26)11-8-10(5-6-12(11)18)23-16(27)14-13(17(19,20)21)9(2)24-25(14)3/h1,5-6,8H,7H2,2-3H3,(H,22,26)(H,23,27). The number of rotatable bonds is 4. The summed E-state index contributed by atoms with van der Waals surface area (Å²) in [6.45, 7) is 1.13. The highest BCUT2D eigenvalue weighted by Crippen LogP contribution is 2.34. The molecule has 6 nitrogen and oxygen atoms in total. The molecule has 142 valence electrons. The molecule has 0 unspecified atom stereocenters. The Morgan fingerprint density at radius 3 is 2.59 bits per heavy atom. The Labute approximate surface area is 157 Å². The first-order valence-corrected chi connectivity index (χ1v) is 7.87. The minimum atomic E-state index is -4.74. The zero-order valence-corrected chi connectivity index (χ0v) is 15.0. The molecule has 1 aromatic carbocycles. The predicted octanol–water partition coefficient (Wildman–Crippen LogP) is 3.02. The minimum absolute atomic E-state index is 0.0157. The van der Waals surface area contributed by atoms with Gasteiger partial charge in [0.2, 0.25) is 0 Å². The lowest BCUT2D eigenvalue weighted by atomic mass is 10.1. The molecule has 2 amide bonds. The molecule has 1 aromatic heterocycles. The third-order valence-electron chi connectivity index (χ3n) is 3.54. The number of carbonyl (C=O) groups excluding carboxylic acids is 2. The van der Waals surface area contributed by atoms with Crippen LogP contribution in [0.5, 0.6) is 0 Å². The van der Waals surface area contributed by atoms with Crippen molar-refractivity contribution in [1.82, 2.24) is 15.1 Å². The van der Waals surface area contributed by atoms with Crippen molar-refractivity contribution in [1.29, 1.82) is 0 Å². The number of nitrogens with zero attached hydrogens (tertiary/aromatic N) is 2. The average Bonchev–Trinajstić information content (AvgIpc) is 2.88. The van der Waals surface area contributed by atoms with Crippen LogP contribution in [0.25, 0.3) is 0 Å². The number of aryl methyl sites for hydroxylation is 2. The van der Waals surface area contributed by atoms with Gasteiger partial charge in [-0.05, 0) is 25.1 Å². The Morgan fingerprint density at radius 2 is 2.00 bits per heavy atom. The molecule has 0 spiro atoms. The van der Waals surface area contributed by atoms with Crippen LogP contribution in [0, 0.1) is 19.3 Å². The molecule has 0 aliphatic heterocycles. The van der Waals surface area contributed by atoms with Crippen molar-refractivity contribution in [3.05, 3.63) is 45.7 Å². The molecule has 0 saturated heterocycles. The summed E-state index contributed by atoms with van der Waals surface area (Å²) in [5.74, 6) is 0.617. The number of nitrogens with one attached hydrogen (secondary N) is 2. The molecule has 0 saturated carbocycles. The van der Waals surface area contributed by atoms with E-state index in [1.807, 2.05) is 0 Å². The monoisotopic (exact) mass is 398 g/mol. The summed E-state index contributed by atoms with van der Waals surface area (Å²) in [6.07, 6.45) is 0.319. The SMILES string of the molecule is C#CCNC(=O)c1cc(NC(=O)c2c(C(F)(F)F)c(C)nn2C)ccc1Cl. The third kappa shape index (κ3) is 4.41. The first-order valence-electron chi connectivity index (χ1n) is 7.49. The number of alkyl halides is 3. The van der Waals surface area contributed by atoms with E-state index in [-0.39, 0.29) is 28.5 Å². The van der Waals surface area contributed by atoms with Gasteiger partial charge < -0.3 is 10.6 Å². The lowest BCUT2D eigenvalue weighted by Gasteiger charge is -2.12. The highest BCUT2D eigenvalue weighted by molar-refractivity contribution is 6.34. The molecule has 1 heterocycles. The molecular formula is C17H14ClF3N4O2. The van der Waals surface area contributed by atoms with Crippen molar-refractivity contribution in [2.75, 3.05) is 11.9 Å². The zero-order valence-electron chi connectivity index (χ0n) is 14.2. The van der Waals surface area contributed by atoms with E-state index in [0.29, 0.717) is 0 Å². The second-order valence-electron chi connectivity index (χ2n) is 5.47. The van der Waals surface area contributed by atoms with Crippen LogP contribution in [0.3, 0.4) is 0 Å². The van der Waals surface area contributed by atoms with Gasteiger partial charge in [-0.2, -0.15) is 18.3 Å². The minimum Gasteiger partial charge on any atom is -0.341 e. The maximum Gasteiger partial charge on any atom is 0.420 e. The fourth-order valence-corrected chi connectivity index (χ4v) is 2.66. The van der Waals surface area contributed by atoms with Crippen molar-refractivity contribution < 1.29 is 22.8 Å². The fourth-order valence-electron chi connectivity index (χ4n) is 2.45. The van der Waals surface area contributed by atoms with Crippen molar-refractivity contribution in [2.24, 2.45) is 7.05 Å². The molecule has 0 atom stereocenters. The number of benzene rings is 1. The average molecular weight is 399 g/mol. The molecular weight excluding hydrogens is 385 g/mol. The second kappa shape index (κ2) is 7.72. The van der Waals surface area contributed by atoms with Crippen molar-refractivity contribution in [3.8, 4) is 12.3 Å². The van der Waals surface area contributed by atoms with Crippen LogP contribution in [0.1, 0.15) is 32.1 Å². The Balaban J connectivity index is 2.35. The highest BCUT2D eigenvalue weighted by Gasteiger charge is 2.40. The van der Waals surface area contributed by atoms with E-state index in [0.717, 1.165) is 11.6 Å². The van der Waals surface area contributed by atoms with Gasteiger partial charge >= 0.3 is 6.18 Å². The summed E-state index contributed by atoms with van der Waals surface area (Å²) in [4.78, 5) is 24.4. The summed E-state index contributed by atoms with van der Waals surface area (Å²) in [5, 5.41) is 8.49. The molecule has 10 heteroatoms. The molecule has 27 heavy (non-hydrogen) atoms. The number of hydrogen-bond acceptors (Lipinski definition) is 3. The summed E-state index contributed by atoms with van der Waals surface area (Å²) in [6, 6.07) is 3.93. The van der Waals surface area contributed by atoms with E-state index < -0.39 is 29.2 Å². The summed E-state index contributed by atoms with van der Waals surface area (Å²) in [5.41, 5.74) is -1.98. The Hall–Kier alpha value is -2.99. The van der Waals surface area contributed by atoms with Crippen LogP contribution in [0.4, 0.5) is 18.9 Å². The number of aromatic nitrogens is 2. The lowest BCUT2D eigenvalue weighted by Crippen LogP contribution is -2.24. The van der Waals surface area contributed by atoms with Crippen LogP contribution in [0.2, 0.25) is 5.02 Å². The van der Waals surface area contributed by atoms with E-state index in [2.05, 4.69) is 21.7 Å². The van der Waals surface area contributed by atoms with E-state index in [1.54, 1.807) is 0 Å². The van der Waals surface area contributed by atoms with E-state index in [1.165, 1.54) is 25.2 Å². The Morgan fingerprint density at radius 1 is 1.33 bits per heavy atom. The number of halogens is 4. The van der Waals surface area contributed by atoms with Crippen molar-refractivity contribution >= 4 is 29.1 Å². The highest BCUT2D eigenvalue weighted by atomic mass is 35.5. The smallest absolute Gasteiger partial charge is 0.341 e. The summed E-state index contributed by atoms with van der Waals surface area (Å²) < 4.78 is 40.6. The van der Waals surface area contributed by atoms with Gasteiger partial charge in [-0.25, -0.2) is 0 Å². The van der Waals surface area contributed by atoms with Gasteiger partial charge in [-0.1, -0.05) is 17.5 Å². The van der Waals surface area contributed by atoms with Gasteiger partial charge in [-0.3, -0.25) is 14.3 Å². The molecule has 0 aliphatic carbocycles. The van der Waals surface area contributed by atoms with E-state index >= 15 is 0 Å². The van der Waals surface area contributed by atoms with Gasteiger partial charge in [-0.15, -0.1) is 6.42 Å². The maximum absolute atomic E-state index is 13.2. The molecule has 2 aromatic rings. The molecule has 0 fully saturated rings. The second-order valence-corrected chi connectivity index (χ2v) is 5.87. The first kappa shape index (κ1) is 20.3. The number of hydrogen-bond donors (Lipinski definition) is 2. The Bertz CT molecular complexity index is 945. The predicted molar refractivity (Wildman–Crippen MR) is 93.5 cm³/mol. The van der Waals surface area contributed by atoms with Crippen LogP contribution >= 0.6 is 11.6 Å². The van der Waals surface area contributed by atoms with Crippen LogP contribution in [-0.2, 0) is 13.2 Å². The van der Waals surface area contributed by atoms with Crippen molar-refractivity contribution in [2.45, 2.75) is 13.1 Å². The Kier molecular flexibility index (Phi) is 5.81. The van der Waals surface area contributed by atoms with Gasteiger partial charge in [0.05, 0.1) is 22.8 Å². The topological polar surface area (TPSA) is 76.0 Å². The molecule has 0 radical (unpaired) electrons. The number of terminal acetylenes is 1. The number of anilines is 1. The van der Waals surface area contributed by atoms with Crippen LogP contribution < -0.4 is 10.6 Å². The largest absolute Gasteiger partial charge is 0.420 e. The maximum atomic E-state index is 13.2. The van der Waals surface area contributed by atoms with Gasteiger partial charge in [0.1, 0.15) is 11.3 Å². The van der Waals surface area contributed by atoms with Gasteiger partial charge in [0, 0.05) is 12.7 Å².